The van der Waals surface area contributed by atoms with Gasteiger partial charge in [0, 0.05) is 0 Å². The highest BCUT2D eigenvalue weighted by molar-refractivity contribution is 8.68. The van der Waals surface area contributed by atoms with E-state index in [2.05, 4.69) is 0 Å². The molecule has 1 aliphatic rings. The number of rotatable bonds is 0. The summed E-state index contributed by atoms with van der Waals surface area (Å²) >= 11 is 0. The van der Waals surface area contributed by atoms with Crippen molar-refractivity contribution in [2.75, 3.05) is 5.75 Å². The summed E-state index contributed by atoms with van der Waals surface area (Å²) in [6.45, 7) is 0. The van der Waals surface area contributed by atoms with Gasteiger partial charge < -0.3 is 0 Å². The average Bonchev–Trinajstić information content (AvgIpc) is 1.88. The second kappa shape index (κ2) is 2.16. The SMILES string of the molecule is O=S1(=O)CC(F)(F)C(F)(F)S1(=O)=O. The van der Waals surface area contributed by atoms with Crippen molar-refractivity contribution < 1.29 is 34.4 Å². The van der Waals surface area contributed by atoms with Gasteiger partial charge in [-0.1, -0.05) is 0 Å². The molecule has 1 heterocycles. The van der Waals surface area contributed by atoms with Gasteiger partial charge in [0.05, 0.1) is 0 Å². The average molecular weight is 242 g/mol. The predicted molar refractivity (Wildman–Crippen MR) is 32.6 cm³/mol. The second-order valence-corrected chi connectivity index (χ2v) is 8.04. The van der Waals surface area contributed by atoms with Crippen LogP contribution in [-0.2, 0) is 17.7 Å². The molecule has 1 aliphatic heterocycles. The van der Waals surface area contributed by atoms with Gasteiger partial charge in [-0.25, -0.2) is 16.8 Å². The summed E-state index contributed by atoms with van der Waals surface area (Å²) in [5.41, 5.74) is 0. The molecule has 1 fully saturated rings. The number of hydrogen-bond acceptors (Lipinski definition) is 4. The quantitative estimate of drug-likeness (QED) is 0.442. The minimum Gasteiger partial charge on any atom is -0.212 e. The van der Waals surface area contributed by atoms with Crippen LogP contribution in [0.1, 0.15) is 0 Å². The van der Waals surface area contributed by atoms with Crippen LogP contribution >= 0.6 is 0 Å². The molecular weight excluding hydrogens is 240 g/mol. The van der Waals surface area contributed by atoms with E-state index in [0.717, 1.165) is 0 Å². The van der Waals surface area contributed by atoms with Crippen molar-refractivity contribution in [3.8, 4) is 0 Å². The molecule has 1 rings (SSSR count). The lowest BCUT2D eigenvalue weighted by molar-refractivity contribution is -0.135. The standard InChI is InChI=1S/C3H2F4O4S2/c4-2(5)1-12(8,9)13(10,11)3(2,6)7/h1H2. The van der Waals surface area contributed by atoms with Crippen molar-refractivity contribution in [2.24, 2.45) is 0 Å². The predicted octanol–water partition coefficient (Wildman–Crippen LogP) is -0.0273. The van der Waals surface area contributed by atoms with Crippen LogP contribution in [0.4, 0.5) is 17.6 Å². The summed E-state index contributed by atoms with van der Waals surface area (Å²) < 4.78 is 90.4. The van der Waals surface area contributed by atoms with Gasteiger partial charge in [-0.05, 0) is 0 Å². The first kappa shape index (κ1) is 10.7. The largest absolute Gasteiger partial charge is 0.422 e. The molecule has 0 saturated carbocycles. The highest BCUT2D eigenvalue weighted by Gasteiger charge is 2.77. The zero-order valence-corrected chi connectivity index (χ0v) is 7.30. The van der Waals surface area contributed by atoms with Crippen LogP contribution in [0.3, 0.4) is 0 Å². The third-order valence-corrected chi connectivity index (χ3v) is 6.73. The highest BCUT2D eigenvalue weighted by atomic mass is 33.2. The van der Waals surface area contributed by atoms with E-state index in [4.69, 9.17) is 0 Å². The fourth-order valence-corrected chi connectivity index (χ4v) is 4.59. The molecule has 0 amide bonds. The summed E-state index contributed by atoms with van der Waals surface area (Å²) in [6, 6.07) is 0. The molecule has 0 aliphatic carbocycles. The fraction of sp³-hybridized carbons (Fsp3) is 1.00. The van der Waals surface area contributed by atoms with Crippen LogP contribution in [0.25, 0.3) is 0 Å². The van der Waals surface area contributed by atoms with Gasteiger partial charge >= 0.3 is 20.0 Å². The van der Waals surface area contributed by atoms with Gasteiger partial charge in [-0.15, -0.1) is 0 Å². The zero-order valence-electron chi connectivity index (χ0n) is 5.67. The van der Waals surface area contributed by atoms with E-state index < -0.39 is 34.7 Å². The molecule has 0 unspecified atom stereocenters. The van der Waals surface area contributed by atoms with Crippen LogP contribution < -0.4 is 0 Å². The van der Waals surface area contributed by atoms with Gasteiger partial charge in [-0.3, -0.25) is 0 Å². The zero-order chi connectivity index (χ0) is 10.7. The van der Waals surface area contributed by atoms with Gasteiger partial charge in [0.1, 0.15) is 5.75 Å². The molecule has 0 atom stereocenters. The Balaban J connectivity index is 3.62. The van der Waals surface area contributed by atoms with Crippen molar-refractivity contribution in [3.05, 3.63) is 0 Å². The van der Waals surface area contributed by atoms with Gasteiger partial charge in [0.25, 0.3) is 8.87 Å². The molecule has 0 aromatic carbocycles. The first-order chi connectivity index (χ1) is 5.46. The third kappa shape index (κ3) is 1.01. The second-order valence-electron chi connectivity index (χ2n) is 2.38. The van der Waals surface area contributed by atoms with Crippen LogP contribution in [0, 0.1) is 0 Å². The smallest absolute Gasteiger partial charge is 0.212 e. The maximum Gasteiger partial charge on any atom is 0.422 e. The van der Waals surface area contributed by atoms with Crippen LogP contribution in [0.15, 0.2) is 0 Å². The Kier molecular flexibility index (Phi) is 1.78. The molecular formula is C3H2F4O4S2. The summed E-state index contributed by atoms with van der Waals surface area (Å²) in [6.07, 6.45) is 0. The summed E-state index contributed by atoms with van der Waals surface area (Å²) in [4.78, 5) is 0. The number of halogens is 4. The molecule has 4 nitrogen and oxygen atoms in total. The Hall–Kier alpha value is -0.380. The topological polar surface area (TPSA) is 68.3 Å². The Labute approximate surface area is 69.8 Å². The third-order valence-electron chi connectivity index (χ3n) is 1.43. The van der Waals surface area contributed by atoms with Crippen LogP contribution in [-0.4, -0.2) is 33.8 Å². The lowest BCUT2D eigenvalue weighted by atomic mass is 10.4. The summed E-state index contributed by atoms with van der Waals surface area (Å²) in [7, 11) is -11.6. The molecule has 0 radical (unpaired) electrons. The lowest BCUT2D eigenvalue weighted by Crippen LogP contribution is -2.40. The molecule has 1 saturated heterocycles. The Morgan fingerprint density at radius 2 is 1.31 bits per heavy atom. The van der Waals surface area contributed by atoms with Crippen molar-refractivity contribution in [1.82, 2.24) is 0 Å². The van der Waals surface area contributed by atoms with Crippen LogP contribution in [0.5, 0.6) is 0 Å². The monoisotopic (exact) mass is 242 g/mol. The van der Waals surface area contributed by atoms with Gasteiger partial charge in [0.2, 0.25) is 0 Å². The maximum absolute atomic E-state index is 12.3. The highest BCUT2D eigenvalue weighted by Crippen LogP contribution is 2.48. The van der Waals surface area contributed by atoms with Crippen molar-refractivity contribution in [3.63, 3.8) is 0 Å². The fourth-order valence-electron chi connectivity index (χ4n) is 0.726. The van der Waals surface area contributed by atoms with Crippen molar-refractivity contribution >= 4 is 17.7 Å². The van der Waals surface area contributed by atoms with E-state index in [1.54, 1.807) is 0 Å². The molecule has 0 bridgehead atoms. The van der Waals surface area contributed by atoms with E-state index in [-0.39, 0.29) is 0 Å². The molecule has 0 N–H and O–H groups in total. The van der Waals surface area contributed by atoms with E-state index in [0.29, 0.717) is 0 Å². The minimum absolute atomic E-state index is 2.37. The van der Waals surface area contributed by atoms with Gasteiger partial charge in [0.15, 0.2) is 0 Å². The maximum atomic E-state index is 12.3. The molecule has 13 heavy (non-hydrogen) atoms. The van der Waals surface area contributed by atoms with E-state index in [1.807, 2.05) is 0 Å². The van der Waals surface area contributed by atoms with Crippen LogP contribution in [0.2, 0.25) is 0 Å². The minimum atomic E-state index is -6.12. The van der Waals surface area contributed by atoms with E-state index in [1.165, 1.54) is 0 Å². The normalized spacial score (nSPS) is 32.9. The Morgan fingerprint density at radius 1 is 0.923 bits per heavy atom. The Morgan fingerprint density at radius 3 is 1.38 bits per heavy atom. The molecule has 0 spiro atoms. The summed E-state index contributed by atoms with van der Waals surface area (Å²) in [5.74, 6) is -7.42. The van der Waals surface area contributed by atoms with Crippen molar-refractivity contribution in [1.29, 1.82) is 0 Å². The Bertz CT molecular complexity index is 432. The van der Waals surface area contributed by atoms with E-state index >= 15 is 0 Å². The first-order valence-corrected chi connectivity index (χ1v) is 6.34. The molecule has 0 aromatic heterocycles. The number of hydrogen-bond donors (Lipinski definition) is 0. The molecule has 78 valence electrons. The van der Waals surface area contributed by atoms with Gasteiger partial charge in [-0.2, -0.15) is 17.6 Å². The van der Waals surface area contributed by atoms with E-state index in [9.17, 15) is 34.4 Å². The molecule has 0 aromatic rings. The lowest BCUT2D eigenvalue weighted by Gasteiger charge is -2.13. The first-order valence-electron chi connectivity index (χ1n) is 2.69. The number of alkyl halides is 4. The van der Waals surface area contributed by atoms with Crippen molar-refractivity contribution in [2.45, 2.75) is 11.2 Å². The summed E-state index contributed by atoms with van der Waals surface area (Å²) in [5, 5.41) is -5.53. The molecule has 10 heteroatoms.